The van der Waals surface area contributed by atoms with E-state index >= 15 is 0 Å². The Hall–Kier alpha value is -3.11. The summed E-state index contributed by atoms with van der Waals surface area (Å²) in [5.41, 5.74) is 4.29. The minimum absolute atomic E-state index is 0.0422. The van der Waals surface area contributed by atoms with Gasteiger partial charge in [-0.05, 0) is 62.7 Å². The highest BCUT2D eigenvalue weighted by Crippen LogP contribution is 2.43. The maximum atomic E-state index is 14.3. The van der Waals surface area contributed by atoms with Crippen LogP contribution in [0.5, 0.6) is 0 Å². The molecule has 3 aromatic rings. The van der Waals surface area contributed by atoms with Gasteiger partial charge in [0.25, 0.3) is 5.66 Å². The number of benzene rings is 3. The van der Waals surface area contributed by atoms with Crippen LogP contribution < -0.4 is 10.2 Å². The highest BCUT2D eigenvalue weighted by atomic mass is 16.5. The van der Waals surface area contributed by atoms with Crippen LogP contribution in [0.2, 0.25) is 0 Å². The Morgan fingerprint density at radius 2 is 1.60 bits per heavy atom. The molecule has 1 N–H and O–H groups in total. The molecule has 2 heterocycles. The van der Waals surface area contributed by atoms with Crippen LogP contribution in [0.15, 0.2) is 84.9 Å². The second-order valence-corrected chi connectivity index (χ2v) is 8.27. The zero-order chi connectivity index (χ0) is 20.6. The van der Waals surface area contributed by atoms with Gasteiger partial charge in [0.2, 0.25) is 5.71 Å². The van der Waals surface area contributed by atoms with Crippen molar-refractivity contribution in [2.24, 2.45) is 0 Å². The number of anilines is 1. The zero-order valence-corrected chi connectivity index (χ0v) is 17.3. The summed E-state index contributed by atoms with van der Waals surface area (Å²) in [6, 6.07) is 29.0. The molecule has 3 aromatic carbocycles. The Kier molecular flexibility index (Phi) is 4.80. The van der Waals surface area contributed by atoms with Gasteiger partial charge < -0.3 is 10.5 Å². The summed E-state index contributed by atoms with van der Waals surface area (Å²) in [6.45, 7) is 3.59. The lowest BCUT2D eigenvalue weighted by atomic mass is 9.88. The van der Waals surface area contributed by atoms with Crippen LogP contribution in [0.1, 0.15) is 29.5 Å². The first-order chi connectivity index (χ1) is 14.7. The van der Waals surface area contributed by atoms with Gasteiger partial charge in [-0.25, -0.2) is 0 Å². The maximum absolute atomic E-state index is 14.3. The molecule has 2 aliphatic rings. The van der Waals surface area contributed by atoms with Crippen LogP contribution in [0.3, 0.4) is 0 Å². The monoisotopic (exact) mass is 397 g/mol. The maximum Gasteiger partial charge on any atom is 0.291 e. The Labute approximate surface area is 178 Å². The number of para-hydroxylation sites is 1. The van der Waals surface area contributed by atoms with E-state index in [4.69, 9.17) is 0 Å². The van der Waals surface area contributed by atoms with Crippen molar-refractivity contribution in [3.63, 3.8) is 0 Å². The van der Waals surface area contributed by atoms with Gasteiger partial charge in [0.1, 0.15) is 6.54 Å². The van der Waals surface area contributed by atoms with Crippen molar-refractivity contribution in [3.8, 4) is 0 Å². The fourth-order valence-corrected chi connectivity index (χ4v) is 5.02. The highest BCUT2D eigenvalue weighted by molar-refractivity contribution is 6.01. The van der Waals surface area contributed by atoms with Crippen LogP contribution in [0, 0.1) is 12.1 Å². The van der Waals surface area contributed by atoms with E-state index in [9.17, 15) is 5.21 Å². The summed E-state index contributed by atoms with van der Waals surface area (Å²) >= 11 is 0. The lowest BCUT2D eigenvalue weighted by Crippen LogP contribution is -2.59. The number of nitrogens with zero attached hydrogens (tertiary/aromatic N) is 2. The van der Waals surface area contributed by atoms with E-state index in [1.54, 1.807) is 0 Å². The summed E-state index contributed by atoms with van der Waals surface area (Å²) in [5.74, 6) is 0. The molecule has 1 saturated heterocycles. The van der Waals surface area contributed by atoms with E-state index in [1.165, 1.54) is 10.3 Å². The van der Waals surface area contributed by atoms with E-state index in [0.29, 0.717) is 6.54 Å². The first-order valence-electron chi connectivity index (χ1n) is 10.7. The fraction of sp³-hybridized carbons (Fsp3) is 0.269. The molecule has 30 heavy (non-hydrogen) atoms. The molecule has 0 saturated carbocycles. The predicted molar refractivity (Wildman–Crippen MR) is 122 cm³/mol. The smallest absolute Gasteiger partial charge is 0.291 e. The summed E-state index contributed by atoms with van der Waals surface area (Å²) in [7, 11) is 0. The quantitative estimate of drug-likeness (QED) is 0.523. The van der Waals surface area contributed by atoms with E-state index in [2.05, 4.69) is 65.7 Å². The molecule has 5 rings (SSSR count). The number of hydroxylamine groups is 1. The number of aryl methyl sites for hydroxylation is 1. The van der Waals surface area contributed by atoms with E-state index in [1.807, 2.05) is 36.4 Å². The second-order valence-electron chi connectivity index (χ2n) is 8.27. The van der Waals surface area contributed by atoms with Crippen LogP contribution in [-0.4, -0.2) is 29.6 Å². The largest absolute Gasteiger partial charge is 0.621 e. The van der Waals surface area contributed by atoms with Gasteiger partial charge in [-0.15, -0.1) is 0 Å². The Bertz CT molecular complexity index is 1040. The average Bonchev–Trinajstić information content (AvgIpc) is 3.43. The van der Waals surface area contributed by atoms with Crippen molar-refractivity contribution in [1.82, 2.24) is 5.32 Å². The van der Waals surface area contributed by atoms with E-state index < -0.39 is 5.66 Å². The predicted octanol–water partition coefficient (Wildman–Crippen LogP) is 4.42. The lowest BCUT2D eigenvalue weighted by Gasteiger charge is -2.41. The average molecular weight is 398 g/mol. The number of rotatable bonds is 4. The fourth-order valence-electron chi connectivity index (χ4n) is 5.02. The molecule has 0 aromatic heterocycles. The van der Waals surface area contributed by atoms with Crippen molar-refractivity contribution in [2.75, 3.05) is 18.0 Å². The Morgan fingerprint density at radius 1 is 0.933 bits per heavy atom. The van der Waals surface area contributed by atoms with Gasteiger partial charge in [0, 0.05) is 16.8 Å². The number of nitrogens with one attached hydrogen (secondary N) is 1. The molecule has 2 unspecified atom stereocenters. The van der Waals surface area contributed by atoms with Crippen LogP contribution in [-0.2, 0) is 5.66 Å². The van der Waals surface area contributed by atoms with Gasteiger partial charge in [-0.1, -0.05) is 54.1 Å². The van der Waals surface area contributed by atoms with Crippen LogP contribution in [0.4, 0.5) is 5.69 Å². The Balaban J connectivity index is 1.76. The van der Waals surface area contributed by atoms with Crippen molar-refractivity contribution in [2.45, 2.75) is 31.5 Å². The normalized spacial score (nSPS) is 23.9. The van der Waals surface area contributed by atoms with Gasteiger partial charge in [-0.2, -0.15) is 4.74 Å². The van der Waals surface area contributed by atoms with Gasteiger partial charge in [-0.3, -0.25) is 4.90 Å². The SMILES string of the molecule is Cc1ccc(C2=[N+]([O-])C(c3ccccc3)(C3CCCN3)N(c3ccccc3)C2)cc1. The molecule has 4 heteroatoms. The molecule has 1 fully saturated rings. The summed E-state index contributed by atoms with van der Waals surface area (Å²) in [4.78, 5) is 2.30. The van der Waals surface area contributed by atoms with Gasteiger partial charge in [0.05, 0.1) is 6.04 Å². The van der Waals surface area contributed by atoms with Crippen molar-refractivity contribution in [3.05, 3.63) is 107 Å². The van der Waals surface area contributed by atoms with Crippen molar-refractivity contribution >= 4 is 11.4 Å². The molecule has 2 aliphatic heterocycles. The third-order valence-electron chi connectivity index (χ3n) is 6.47. The van der Waals surface area contributed by atoms with E-state index in [0.717, 1.165) is 41.9 Å². The second kappa shape index (κ2) is 7.62. The molecular weight excluding hydrogens is 370 g/mol. The highest BCUT2D eigenvalue weighted by Gasteiger charge is 2.59. The summed E-state index contributed by atoms with van der Waals surface area (Å²) in [6.07, 6.45) is 2.05. The third-order valence-corrected chi connectivity index (χ3v) is 6.47. The topological polar surface area (TPSA) is 41.3 Å². The molecular formula is C26H27N3O. The number of hydrogen-bond acceptors (Lipinski definition) is 3. The Morgan fingerprint density at radius 3 is 2.23 bits per heavy atom. The van der Waals surface area contributed by atoms with Crippen molar-refractivity contribution in [1.29, 1.82) is 0 Å². The standard InChI is InChI=1S/C26H27N3O/c1-20-14-16-21(17-15-20)24-19-28(23-11-6-3-7-12-23)26(29(24)30,25-13-8-18-27-25)22-9-4-2-5-10-22/h2-7,9-12,14-17,25,27H,8,13,18-19H2,1H3. The van der Waals surface area contributed by atoms with E-state index in [-0.39, 0.29) is 6.04 Å². The zero-order valence-electron chi connectivity index (χ0n) is 17.3. The summed E-state index contributed by atoms with van der Waals surface area (Å²) < 4.78 is 1.29. The lowest BCUT2D eigenvalue weighted by molar-refractivity contribution is -0.554. The molecule has 0 bridgehead atoms. The van der Waals surface area contributed by atoms with Crippen LogP contribution >= 0.6 is 0 Å². The minimum Gasteiger partial charge on any atom is -0.621 e. The minimum atomic E-state index is -0.820. The van der Waals surface area contributed by atoms with Gasteiger partial charge in [0.15, 0.2) is 0 Å². The number of hydrogen-bond donors (Lipinski definition) is 1. The molecule has 0 aliphatic carbocycles. The summed E-state index contributed by atoms with van der Waals surface area (Å²) in [5, 5.41) is 17.9. The molecule has 0 radical (unpaired) electrons. The molecule has 4 nitrogen and oxygen atoms in total. The van der Waals surface area contributed by atoms with Crippen molar-refractivity contribution < 1.29 is 4.74 Å². The van der Waals surface area contributed by atoms with Crippen LogP contribution in [0.25, 0.3) is 0 Å². The first kappa shape index (κ1) is 18.9. The molecule has 2 atom stereocenters. The molecule has 0 spiro atoms. The van der Waals surface area contributed by atoms with Gasteiger partial charge >= 0.3 is 0 Å². The first-order valence-corrected chi connectivity index (χ1v) is 10.7. The molecule has 0 amide bonds. The third kappa shape index (κ3) is 2.91. The molecule has 152 valence electrons.